The van der Waals surface area contributed by atoms with Crippen LogP contribution >= 0.6 is 15.9 Å². The second-order valence-electron chi connectivity index (χ2n) is 3.62. The van der Waals surface area contributed by atoms with E-state index in [1.54, 1.807) is 6.08 Å². The molecule has 0 heterocycles. The minimum Gasteiger partial charge on any atom is -0.322 e. The Morgan fingerprint density at radius 1 is 1.46 bits per heavy atom. The molecule has 72 valence electrons. The van der Waals surface area contributed by atoms with Crippen LogP contribution in [0.15, 0.2) is 34.9 Å². The molecule has 0 amide bonds. The van der Waals surface area contributed by atoms with E-state index in [0.717, 1.165) is 17.3 Å². The maximum absolute atomic E-state index is 6.14. The Kier molecular flexibility index (Phi) is 3.51. The van der Waals surface area contributed by atoms with Crippen LogP contribution < -0.4 is 5.73 Å². The first-order chi connectivity index (χ1) is 6.08. The minimum atomic E-state index is -0.0229. The lowest BCUT2D eigenvalue weighted by atomic mass is 9.73. The molecular weight excluding hydrogens is 226 g/mol. The lowest BCUT2D eigenvalue weighted by molar-refractivity contribution is 0.298. The standard InChI is InChI=1S/C11H16BrN/c1-3-10(12)6-5-9(2)11(13)7-4-8-11/h3,5-6H,1,4,7-8,13H2,2H3/b9-5+,10-6+. The minimum absolute atomic E-state index is 0.0229. The summed E-state index contributed by atoms with van der Waals surface area (Å²) in [5.74, 6) is 0. The zero-order valence-electron chi connectivity index (χ0n) is 8.02. The van der Waals surface area contributed by atoms with Crippen molar-refractivity contribution in [3.05, 3.63) is 34.9 Å². The summed E-state index contributed by atoms with van der Waals surface area (Å²) in [6.07, 6.45) is 9.34. The van der Waals surface area contributed by atoms with Gasteiger partial charge in [0.15, 0.2) is 0 Å². The third-order valence-electron chi connectivity index (χ3n) is 2.72. The summed E-state index contributed by atoms with van der Waals surface area (Å²) in [5, 5.41) is 0. The van der Waals surface area contributed by atoms with Crippen molar-refractivity contribution >= 4 is 15.9 Å². The average molecular weight is 242 g/mol. The molecule has 2 heteroatoms. The number of rotatable bonds is 3. The second-order valence-corrected chi connectivity index (χ2v) is 4.53. The van der Waals surface area contributed by atoms with E-state index in [4.69, 9.17) is 5.73 Å². The summed E-state index contributed by atoms with van der Waals surface area (Å²) in [4.78, 5) is 0. The molecule has 0 aromatic carbocycles. The molecule has 1 saturated carbocycles. The van der Waals surface area contributed by atoms with Gasteiger partial charge in [0, 0.05) is 10.0 Å². The van der Waals surface area contributed by atoms with E-state index in [0.29, 0.717) is 0 Å². The summed E-state index contributed by atoms with van der Waals surface area (Å²) in [5.41, 5.74) is 7.37. The fourth-order valence-electron chi connectivity index (χ4n) is 1.39. The van der Waals surface area contributed by atoms with Crippen LogP contribution in [0.1, 0.15) is 26.2 Å². The van der Waals surface area contributed by atoms with E-state index in [-0.39, 0.29) is 5.54 Å². The lowest BCUT2D eigenvalue weighted by Gasteiger charge is -2.39. The average Bonchev–Trinajstić information content (AvgIpc) is 2.09. The van der Waals surface area contributed by atoms with Crippen LogP contribution in [0.4, 0.5) is 0 Å². The van der Waals surface area contributed by atoms with Crippen LogP contribution in [0, 0.1) is 0 Å². The largest absolute Gasteiger partial charge is 0.322 e. The molecule has 1 nitrogen and oxygen atoms in total. The Bertz CT molecular complexity index is 259. The van der Waals surface area contributed by atoms with Crippen molar-refractivity contribution in [2.24, 2.45) is 5.73 Å². The Labute approximate surface area is 88.5 Å². The molecular formula is C11H16BrN. The van der Waals surface area contributed by atoms with Gasteiger partial charge >= 0.3 is 0 Å². The third kappa shape index (κ3) is 2.55. The highest BCUT2D eigenvalue weighted by atomic mass is 79.9. The molecule has 0 unspecified atom stereocenters. The number of hydrogen-bond donors (Lipinski definition) is 1. The molecule has 0 atom stereocenters. The van der Waals surface area contributed by atoms with Gasteiger partial charge in [0.1, 0.15) is 0 Å². The molecule has 1 aliphatic rings. The third-order valence-corrected chi connectivity index (χ3v) is 3.31. The van der Waals surface area contributed by atoms with Gasteiger partial charge < -0.3 is 5.73 Å². The van der Waals surface area contributed by atoms with Gasteiger partial charge in [-0.1, -0.05) is 40.2 Å². The number of hydrogen-bond acceptors (Lipinski definition) is 1. The number of allylic oxidation sites excluding steroid dienone is 4. The van der Waals surface area contributed by atoms with E-state index in [9.17, 15) is 0 Å². The fourth-order valence-corrected chi connectivity index (χ4v) is 1.52. The van der Waals surface area contributed by atoms with Crippen molar-refractivity contribution in [2.75, 3.05) is 0 Å². The summed E-state index contributed by atoms with van der Waals surface area (Å²) in [6.45, 7) is 5.76. The molecule has 0 radical (unpaired) electrons. The van der Waals surface area contributed by atoms with E-state index < -0.39 is 0 Å². The van der Waals surface area contributed by atoms with Crippen LogP contribution in [-0.4, -0.2) is 5.54 Å². The van der Waals surface area contributed by atoms with Gasteiger partial charge in [-0.3, -0.25) is 0 Å². The van der Waals surface area contributed by atoms with Gasteiger partial charge in [0.05, 0.1) is 0 Å². The Balaban J connectivity index is 2.65. The molecule has 2 N–H and O–H groups in total. The Hall–Kier alpha value is -0.340. The molecule has 0 saturated heterocycles. The Morgan fingerprint density at radius 2 is 2.08 bits per heavy atom. The summed E-state index contributed by atoms with van der Waals surface area (Å²) in [7, 11) is 0. The van der Waals surface area contributed by atoms with E-state index in [1.807, 2.05) is 6.08 Å². The molecule has 0 aliphatic heterocycles. The number of halogens is 1. The maximum atomic E-state index is 6.14. The summed E-state index contributed by atoms with van der Waals surface area (Å²) >= 11 is 3.37. The number of nitrogens with two attached hydrogens (primary N) is 1. The van der Waals surface area contributed by atoms with Crippen molar-refractivity contribution in [1.29, 1.82) is 0 Å². The highest BCUT2D eigenvalue weighted by molar-refractivity contribution is 9.11. The van der Waals surface area contributed by atoms with Gasteiger partial charge in [0.2, 0.25) is 0 Å². The summed E-state index contributed by atoms with van der Waals surface area (Å²) < 4.78 is 0.995. The maximum Gasteiger partial charge on any atom is 0.0369 e. The van der Waals surface area contributed by atoms with Crippen LogP contribution in [0.2, 0.25) is 0 Å². The smallest absolute Gasteiger partial charge is 0.0369 e. The van der Waals surface area contributed by atoms with Crippen LogP contribution in [-0.2, 0) is 0 Å². The highest BCUT2D eigenvalue weighted by Gasteiger charge is 2.33. The Morgan fingerprint density at radius 3 is 2.46 bits per heavy atom. The first-order valence-electron chi connectivity index (χ1n) is 4.54. The van der Waals surface area contributed by atoms with Gasteiger partial charge in [0.25, 0.3) is 0 Å². The SMILES string of the molecule is C=C/C(Br)=C\C=C(/C)C1(N)CCC1. The second kappa shape index (κ2) is 4.25. The predicted octanol–water partition coefficient (Wildman–Crippen LogP) is 3.28. The highest BCUT2D eigenvalue weighted by Crippen LogP contribution is 2.35. The first kappa shape index (κ1) is 10.7. The van der Waals surface area contributed by atoms with Crippen molar-refractivity contribution < 1.29 is 0 Å². The monoisotopic (exact) mass is 241 g/mol. The first-order valence-corrected chi connectivity index (χ1v) is 5.34. The van der Waals surface area contributed by atoms with Crippen LogP contribution in [0.25, 0.3) is 0 Å². The molecule has 0 spiro atoms. The van der Waals surface area contributed by atoms with Gasteiger partial charge in [-0.15, -0.1) is 0 Å². The molecule has 1 rings (SSSR count). The van der Waals surface area contributed by atoms with E-state index in [1.165, 1.54) is 12.0 Å². The van der Waals surface area contributed by atoms with Gasteiger partial charge in [-0.25, -0.2) is 0 Å². The summed E-state index contributed by atoms with van der Waals surface area (Å²) in [6, 6.07) is 0. The van der Waals surface area contributed by atoms with Crippen molar-refractivity contribution in [1.82, 2.24) is 0 Å². The van der Waals surface area contributed by atoms with E-state index in [2.05, 4.69) is 35.5 Å². The van der Waals surface area contributed by atoms with Crippen LogP contribution in [0.3, 0.4) is 0 Å². The quantitative estimate of drug-likeness (QED) is 0.755. The van der Waals surface area contributed by atoms with Crippen molar-refractivity contribution in [3.63, 3.8) is 0 Å². The van der Waals surface area contributed by atoms with Crippen LogP contribution in [0.5, 0.6) is 0 Å². The molecule has 1 aliphatic carbocycles. The van der Waals surface area contributed by atoms with Gasteiger partial charge in [-0.05, 0) is 32.3 Å². The normalized spacial score (nSPS) is 22.4. The molecule has 0 aromatic heterocycles. The molecule has 1 fully saturated rings. The molecule has 13 heavy (non-hydrogen) atoms. The van der Waals surface area contributed by atoms with Crippen molar-refractivity contribution in [3.8, 4) is 0 Å². The lowest BCUT2D eigenvalue weighted by Crippen LogP contribution is -2.47. The topological polar surface area (TPSA) is 26.0 Å². The van der Waals surface area contributed by atoms with Crippen molar-refractivity contribution in [2.45, 2.75) is 31.7 Å². The molecule has 0 bridgehead atoms. The fraction of sp³-hybridized carbons (Fsp3) is 0.455. The van der Waals surface area contributed by atoms with E-state index >= 15 is 0 Å². The predicted molar refractivity (Wildman–Crippen MR) is 61.7 cm³/mol. The molecule has 0 aromatic rings. The zero-order valence-corrected chi connectivity index (χ0v) is 9.60. The van der Waals surface area contributed by atoms with Gasteiger partial charge in [-0.2, -0.15) is 0 Å². The zero-order chi connectivity index (χ0) is 9.90.